The Morgan fingerprint density at radius 1 is 0.239 bits per heavy atom. The summed E-state index contributed by atoms with van der Waals surface area (Å²) in [6, 6.07) is 6.29. The first-order valence-corrected chi connectivity index (χ1v) is 48.9. The van der Waals surface area contributed by atoms with Crippen LogP contribution < -0.4 is 0 Å². The minimum absolute atomic E-state index is 0. The Balaban J connectivity index is 0.00000220. The summed E-state index contributed by atoms with van der Waals surface area (Å²) in [4.78, 5) is 50.6. The molecule has 113 heavy (non-hydrogen) atoms. The quantitative estimate of drug-likeness (QED) is 0.0150. The van der Waals surface area contributed by atoms with Gasteiger partial charge in [-0.3, -0.25) is 0 Å². The van der Waals surface area contributed by atoms with Crippen molar-refractivity contribution in [3.05, 3.63) is 107 Å². The Bertz CT molecular complexity index is 2740. The zero-order valence-corrected chi connectivity index (χ0v) is 76.2. The van der Waals surface area contributed by atoms with Gasteiger partial charge in [-0.15, -0.1) is 0 Å². The van der Waals surface area contributed by atoms with Crippen LogP contribution in [-0.4, -0.2) is 114 Å². The van der Waals surface area contributed by atoms with E-state index in [1.165, 1.54) is 307 Å². The fourth-order valence-electron chi connectivity index (χ4n) is 14.1. The van der Waals surface area contributed by atoms with Crippen LogP contribution in [0.2, 0.25) is 0 Å². The summed E-state index contributed by atoms with van der Waals surface area (Å²) < 4.78 is 91.7. The van der Waals surface area contributed by atoms with Crippen molar-refractivity contribution in [1.29, 1.82) is 0 Å². The fraction of sp³-hybridized carbons (Fsp3) is 0.750. The summed E-state index contributed by atoms with van der Waals surface area (Å²) in [6.45, 7) is 9.47. The number of allylic oxidation sites excluding steroid dienone is 8. The molecule has 0 saturated carbocycles. The van der Waals surface area contributed by atoms with E-state index < -0.39 is 53.9 Å². The topological polar surface area (TPSA) is 220 Å². The van der Waals surface area contributed by atoms with Gasteiger partial charge in [0.2, 0.25) is 0 Å². The van der Waals surface area contributed by atoms with Crippen LogP contribution in [0.5, 0.6) is 0 Å². The molecule has 0 aliphatic carbocycles. The summed E-state index contributed by atoms with van der Waals surface area (Å²) in [5.41, 5.74) is -0.667. The molecule has 0 aliphatic heterocycles. The average molecular weight is 1640 g/mol. The number of carbonyl (C=O) groups is 4. The van der Waals surface area contributed by atoms with E-state index in [1.54, 1.807) is 0 Å². The molecule has 17 heteroatoms. The molecule has 0 fully saturated rings. The van der Waals surface area contributed by atoms with Crippen LogP contribution in [0.4, 0.5) is 0 Å². The normalized spacial score (nSPS) is 11.8. The Kier molecular flexibility index (Phi) is 78.2. The second-order valence-electron chi connectivity index (χ2n) is 31.3. The molecule has 644 valence electrons. The fourth-order valence-corrected chi connectivity index (χ4v) is 15.1. The largest absolute Gasteiger partial charge is 2.00 e. The van der Waals surface area contributed by atoms with Crippen LogP contribution in [0.1, 0.15) is 480 Å². The van der Waals surface area contributed by atoms with E-state index >= 15 is 0 Å². The van der Waals surface area contributed by atoms with E-state index in [1.807, 2.05) is 0 Å². The molecule has 0 saturated heterocycles. The number of benzene rings is 2. The van der Waals surface area contributed by atoms with Crippen LogP contribution in [0.25, 0.3) is 0 Å². The molecule has 2 aromatic rings. The summed E-state index contributed by atoms with van der Waals surface area (Å²) in [5.74, 6) is -3.08. The van der Waals surface area contributed by atoms with Gasteiger partial charge in [0.1, 0.15) is 20.2 Å². The number of ether oxygens (including phenoxy) is 4. The summed E-state index contributed by atoms with van der Waals surface area (Å²) in [5, 5.41) is 0. The van der Waals surface area contributed by atoms with Gasteiger partial charge in [0.25, 0.3) is 0 Å². The second-order valence-corrected chi connectivity index (χ2v) is 34.1. The summed E-state index contributed by atoms with van der Waals surface area (Å²) in [7, 11) is -9.63. The first-order valence-electron chi connectivity index (χ1n) is 46.1. The van der Waals surface area contributed by atoms with Gasteiger partial charge < -0.3 is 28.1 Å². The standard InChI is InChI=1S/2C48H82O7S.Ca/c2*1-3-5-7-9-11-13-15-17-19-21-23-25-27-29-31-33-35-37-41-54-47(49)45-40-39-44(56(51,52)53)43-46(45)48(50)55-42-38-36-34-32-30-28-26-24-22-20-18-16-14-12-10-8-6-4-2;/h2*5-8,39-40,43H,3-4,9-38,41-42H2,1-2H3,(H,51,52,53);/q;;+2/p-2/b2*7-5+,8-6+;. The van der Waals surface area contributed by atoms with Crippen molar-refractivity contribution in [2.45, 2.75) is 448 Å². The van der Waals surface area contributed by atoms with Gasteiger partial charge in [-0.25, -0.2) is 36.0 Å². The maximum Gasteiger partial charge on any atom is 2.00 e. The van der Waals surface area contributed by atoms with Crippen LogP contribution in [0, 0.1) is 0 Å². The average Bonchev–Trinajstić information content (AvgIpc) is 0.814. The van der Waals surface area contributed by atoms with Gasteiger partial charge in [0, 0.05) is 0 Å². The molecule has 0 bridgehead atoms. The SMILES string of the molecule is CC/C=C/CCCCCCCCCCCCCCCCOC(=O)c1ccc(S(=O)(=O)[O-])cc1C(=O)OCCCCCCCCCCCCCCCC/C=C/CC.CC/C=C/CCCCCCCCCCCCCCCCOC(=O)c1ccc(S(=O)(=O)[O-])cc1C(=O)OCCCCCCCCCCCCCCCC/C=C/CC.[Ca+2]. The van der Waals surface area contributed by atoms with Crippen molar-refractivity contribution in [2.24, 2.45) is 0 Å². The van der Waals surface area contributed by atoms with Crippen molar-refractivity contribution in [1.82, 2.24) is 0 Å². The molecular formula is C96H162CaO14S2. The minimum atomic E-state index is -4.82. The van der Waals surface area contributed by atoms with Crippen LogP contribution >= 0.6 is 0 Å². The predicted molar refractivity (Wildman–Crippen MR) is 470 cm³/mol. The molecule has 2 rings (SSSR count). The first-order chi connectivity index (χ1) is 54.6. The predicted octanol–water partition coefficient (Wildman–Crippen LogP) is 28.7. The van der Waals surface area contributed by atoms with Crippen LogP contribution in [0.3, 0.4) is 0 Å². The number of hydrogen-bond donors (Lipinski definition) is 0. The van der Waals surface area contributed by atoms with Gasteiger partial charge in [-0.05, 0) is 139 Å². The number of rotatable bonds is 78. The molecule has 0 radical (unpaired) electrons. The van der Waals surface area contributed by atoms with Crippen LogP contribution in [-0.2, 0) is 39.2 Å². The van der Waals surface area contributed by atoms with Gasteiger partial charge in [-0.1, -0.05) is 385 Å². The Morgan fingerprint density at radius 2 is 0.389 bits per heavy atom. The molecule has 0 spiro atoms. The van der Waals surface area contributed by atoms with Gasteiger partial charge in [0.05, 0.1) is 58.5 Å². The molecule has 0 aliphatic rings. The Labute approximate surface area is 722 Å². The maximum atomic E-state index is 13.0. The van der Waals surface area contributed by atoms with Crippen LogP contribution in [0.15, 0.2) is 94.8 Å². The van der Waals surface area contributed by atoms with Crippen molar-refractivity contribution >= 4 is 81.9 Å². The molecule has 0 aromatic heterocycles. The maximum absolute atomic E-state index is 13.0. The van der Waals surface area contributed by atoms with E-state index in [0.29, 0.717) is 25.7 Å². The third-order valence-electron chi connectivity index (χ3n) is 21.0. The van der Waals surface area contributed by atoms with Crippen molar-refractivity contribution in [3.63, 3.8) is 0 Å². The molecule has 2 aromatic carbocycles. The smallest absolute Gasteiger partial charge is 0.744 e. The van der Waals surface area contributed by atoms with Gasteiger partial charge in [-0.2, -0.15) is 0 Å². The third-order valence-corrected chi connectivity index (χ3v) is 22.7. The minimum Gasteiger partial charge on any atom is -0.744 e. The van der Waals surface area contributed by atoms with Crippen molar-refractivity contribution in [2.75, 3.05) is 26.4 Å². The monoisotopic (exact) mass is 1640 g/mol. The number of unbranched alkanes of at least 4 members (excludes halogenated alkanes) is 56. The summed E-state index contributed by atoms with van der Waals surface area (Å²) >= 11 is 0. The number of esters is 4. The van der Waals surface area contributed by atoms with E-state index in [-0.39, 0.29) is 86.4 Å². The van der Waals surface area contributed by atoms with E-state index in [9.17, 15) is 45.1 Å². The Morgan fingerprint density at radius 3 is 0.549 bits per heavy atom. The van der Waals surface area contributed by atoms with Crippen molar-refractivity contribution < 1.29 is 64.1 Å². The van der Waals surface area contributed by atoms with Crippen molar-refractivity contribution in [3.8, 4) is 0 Å². The second kappa shape index (κ2) is 80.8. The Hall–Kier alpha value is -3.64. The molecule has 14 nitrogen and oxygen atoms in total. The van der Waals surface area contributed by atoms with Gasteiger partial charge in [0.15, 0.2) is 0 Å². The third kappa shape index (κ3) is 67.9. The van der Waals surface area contributed by atoms with E-state index in [2.05, 4.69) is 76.3 Å². The molecule has 0 amide bonds. The summed E-state index contributed by atoms with van der Waals surface area (Å²) in [6.07, 6.45) is 95.9. The zero-order chi connectivity index (χ0) is 81.6. The first kappa shape index (κ1) is 109. The van der Waals surface area contributed by atoms with E-state index in [0.717, 1.165) is 114 Å². The molecule has 0 N–H and O–H groups in total. The molecule has 0 unspecified atom stereocenters. The van der Waals surface area contributed by atoms with Gasteiger partial charge >= 0.3 is 61.6 Å². The number of carbonyl (C=O) groups excluding carboxylic acids is 4. The molecular weight excluding hydrogens is 1480 g/mol. The zero-order valence-electron chi connectivity index (χ0n) is 72.4. The number of hydrogen-bond acceptors (Lipinski definition) is 14. The molecule has 0 heterocycles. The van der Waals surface area contributed by atoms with E-state index in [4.69, 9.17) is 18.9 Å². The molecule has 0 atom stereocenters.